The molecule has 3 rings (SSSR count). The standard InChI is InChI=1S/C14H17N5O2/c15-13(21)12-11(9-1-3-10(20)4-2-9)7-17-14(18-12)19-6-5-16-8-19/h5-10,20H,1-4H2,(H2,15,21). The van der Waals surface area contributed by atoms with Crippen molar-refractivity contribution in [1.82, 2.24) is 19.5 Å². The number of nitrogens with two attached hydrogens (primary N) is 1. The van der Waals surface area contributed by atoms with Gasteiger partial charge in [-0.1, -0.05) is 0 Å². The van der Waals surface area contributed by atoms with Crippen LogP contribution in [0.4, 0.5) is 0 Å². The van der Waals surface area contributed by atoms with Crippen molar-refractivity contribution in [2.24, 2.45) is 5.73 Å². The third-order valence-corrected chi connectivity index (χ3v) is 3.91. The molecule has 2 aromatic heterocycles. The monoisotopic (exact) mass is 287 g/mol. The molecule has 21 heavy (non-hydrogen) atoms. The maximum absolute atomic E-state index is 11.7. The van der Waals surface area contributed by atoms with Gasteiger partial charge in [-0.2, -0.15) is 0 Å². The molecule has 0 bridgehead atoms. The minimum atomic E-state index is -0.556. The van der Waals surface area contributed by atoms with E-state index in [4.69, 9.17) is 5.73 Å². The Morgan fingerprint density at radius 1 is 1.33 bits per heavy atom. The number of nitrogens with zero attached hydrogens (tertiary/aromatic N) is 4. The molecule has 110 valence electrons. The number of carbonyl (C=O) groups excluding carboxylic acids is 1. The smallest absolute Gasteiger partial charge is 0.267 e. The van der Waals surface area contributed by atoms with Gasteiger partial charge in [0.2, 0.25) is 5.95 Å². The summed E-state index contributed by atoms with van der Waals surface area (Å²) >= 11 is 0. The summed E-state index contributed by atoms with van der Waals surface area (Å²) in [6.45, 7) is 0. The highest BCUT2D eigenvalue weighted by atomic mass is 16.3. The Labute approximate surface area is 121 Å². The number of hydrogen-bond acceptors (Lipinski definition) is 5. The van der Waals surface area contributed by atoms with E-state index in [2.05, 4.69) is 15.0 Å². The molecule has 0 spiro atoms. The lowest BCUT2D eigenvalue weighted by atomic mass is 9.82. The summed E-state index contributed by atoms with van der Waals surface area (Å²) in [5.74, 6) is -0.00600. The van der Waals surface area contributed by atoms with Crippen LogP contribution in [0.5, 0.6) is 0 Å². The molecule has 2 aromatic rings. The fourth-order valence-electron chi connectivity index (χ4n) is 2.77. The largest absolute Gasteiger partial charge is 0.393 e. The SMILES string of the molecule is NC(=O)c1nc(-n2ccnc2)ncc1C1CCC(O)CC1. The number of aliphatic hydroxyl groups is 1. The van der Waals surface area contributed by atoms with E-state index in [1.54, 1.807) is 29.5 Å². The van der Waals surface area contributed by atoms with Crippen molar-refractivity contribution in [3.05, 3.63) is 36.2 Å². The maximum atomic E-state index is 11.7. The normalized spacial score (nSPS) is 22.1. The fraction of sp³-hybridized carbons (Fsp3) is 0.429. The van der Waals surface area contributed by atoms with E-state index in [1.165, 1.54) is 0 Å². The van der Waals surface area contributed by atoms with Crippen LogP contribution < -0.4 is 5.73 Å². The Morgan fingerprint density at radius 2 is 2.10 bits per heavy atom. The van der Waals surface area contributed by atoms with Crippen LogP contribution in [0, 0.1) is 0 Å². The van der Waals surface area contributed by atoms with Crippen molar-refractivity contribution in [3.8, 4) is 5.95 Å². The predicted molar refractivity (Wildman–Crippen MR) is 74.9 cm³/mol. The van der Waals surface area contributed by atoms with Gasteiger partial charge in [0.15, 0.2) is 0 Å². The van der Waals surface area contributed by atoms with Crippen molar-refractivity contribution in [1.29, 1.82) is 0 Å². The molecular formula is C14H17N5O2. The summed E-state index contributed by atoms with van der Waals surface area (Å²) in [4.78, 5) is 24.2. The van der Waals surface area contributed by atoms with Crippen LogP contribution in [0.2, 0.25) is 0 Å². The minimum absolute atomic E-state index is 0.174. The topological polar surface area (TPSA) is 107 Å². The molecule has 1 fully saturated rings. The van der Waals surface area contributed by atoms with Gasteiger partial charge < -0.3 is 10.8 Å². The van der Waals surface area contributed by atoms with Crippen molar-refractivity contribution >= 4 is 5.91 Å². The average molecular weight is 287 g/mol. The molecule has 0 aliphatic heterocycles. The number of rotatable bonds is 3. The number of hydrogen-bond donors (Lipinski definition) is 2. The van der Waals surface area contributed by atoms with Crippen LogP contribution in [-0.4, -0.2) is 36.6 Å². The molecule has 0 aromatic carbocycles. The molecule has 7 heteroatoms. The van der Waals surface area contributed by atoms with Gasteiger partial charge in [0.05, 0.1) is 6.10 Å². The second-order valence-electron chi connectivity index (χ2n) is 5.31. The summed E-state index contributed by atoms with van der Waals surface area (Å²) < 4.78 is 1.63. The minimum Gasteiger partial charge on any atom is -0.393 e. The molecule has 0 atom stereocenters. The number of imidazole rings is 1. The van der Waals surface area contributed by atoms with Crippen LogP contribution in [0.1, 0.15) is 47.7 Å². The summed E-state index contributed by atoms with van der Waals surface area (Å²) in [7, 11) is 0. The number of carbonyl (C=O) groups is 1. The number of aliphatic hydroxyl groups excluding tert-OH is 1. The second kappa shape index (κ2) is 5.61. The molecule has 1 amide bonds. The molecule has 1 aliphatic rings. The van der Waals surface area contributed by atoms with E-state index in [-0.39, 0.29) is 17.7 Å². The van der Waals surface area contributed by atoms with Crippen molar-refractivity contribution in [2.45, 2.75) is 37.7 Å². The molecule has 2 heterocycles. The van der Waals surface area contributed by atoms with E-state index in [0.717, 1.165) is 31.2 Å². The second-order valence-corrected chi connectivity index (χ2v) is 5.31. The van der Waals surface area contributed by atoms with Crippen LogP contribution >= 0.6 is 0 Å². The molecule has 0 saturated heterocycles. The third kappa shape index (κ3) is 2.78. The lowest BCUT2D eigenvalue weighted by molar-refractivity contribution is 0.0991. The van der Waals surface area contributed by atoms with Gasteiger partial charge in [-0.25, -0.2) is 15.0 Å². The zero-order valence-electron chi connectivity index (χ0n) is 11.5. The Kier molecular flexibility index (Phi) is 3.66. The summed E-state index contributed by atoms with van der Waals surface area (Å²) in [5, 5.41) is 9.59. The van der Waals surface area contributed by atoms with E-state index in [9.17, 15) is 9.90 Å². The predicted octanol–water partition coefficient (Wildman–Crippen LogP) is 0.780. The lowest BCUT2D eigenvalue weighted by Gasteiger charge is -2.26. The van der Waals surface area contributed by atoms with Crippen molar-refractivity contribution in [2.75, 3.05) is 0 Å². The quantitative estimate of drug-likeness (QED) is 0.867. The van der Waals surface area contributed by atoms with E-state index in [0.29, 0.717) is 5.95 Å². The number of aromatic nitrogens is 4. The maximum Gasteiger partial charge on any atom is 0.267 e. The number of primary amides is 1. The van der Waals surface area contributed by atoms with Gasteiger partial charge in [0.1, 0.15) is 12.0 Å². The highest BCUT2D eigenvalue weighted by molar-refractivity contribution is 5.92. The van der Waals surface area contributed by atoms with Gasteiger partial charge >= 0.3 is 0 Å². The molecular weight excluding hydrogens is 270 g/mol. The molecule has 1 saturated carbocycles. The van der Waals surface area contributed by atoms with E-state index in [1.807, 2.05) is 0 Å². The lowest BCUT2D eigenvalue weighted by Crippen LogP contribution is -2.23. The first kappa shape index (κ1) is 13.7. The first-order valence-corrected chi connectivity index (χ1v) is 6.98. The molecule has 3 N–H and O–H groups in total. The average Bonchev–Trinajstić information content (AvgIpc) is 3.02. The molecule has 0 radical (unpaired) electrons. The van der Waals surface area contributed by atoms with Gasteiger partial charge in [-0.15, -0.1) is 0 Å². The van der Waals surface area contributed by atoms with E-state index >= 15 is 0 Å². The Bertz CT molecular complexity index is 633. The first-order valence-electron chi connectivity index (χ1n) is 6.98. The van der Waals surface area contributed by atoms with E-state index < -0.39 is 5.91 Å². The van der Waals surface area contributed by atoms with Gasteiger partial charge in [-0.3, -0.25) is 9.36 Å². The molecule has 0 unspecified atom stereocenters. The van der Waals surface area contributed by atoms with Crippen molar-refractivity contribution < 1.29 is 9.90 Å². The Hall–Kier alpha value is -2.28. The van der Waals surface area contributed by atoms with Crippen molar-refractivity contribution in [3.63, 3.8) is 0 Å². The highest BCUT2D eigenvalue weighted by Gasteiger charge is 2.25. The summed E-state index contributed by atoms with van der Waals surface area (Å²) in [6, 6.07) is 0. The Balaban J connectivity index is 1.95. The van der Waals surface area contributed by atoms with Crippen LogP contribution in [0.25, 0.3) is 5.95 Å². The first-order chi connectivity index (χ1) is 10.1. The van der Waals surface area contributed by atoms with Crippen LogP contribution in [0.15, 0.2) is 24.9 Å². The highest BCUT2D eigenvalue weighted by Crippen LogP contribution is 2.33. The summed E-state index contributed by atoms with van der Waals surface area (Å²) in [6.07, 6.45) is 9.40. The Morgan fingerprint density at radius 3 is 2.71 bits per heavy atom. The van der Waals surface area contributed by atoms with Crippen LogP contribution in [0.3, 0.4) is 0 Å². The zero-order chi connectivity index (χ0) is 14.8. The molecule has 1 aliphatic carbocycles. The summed E-state index contributed by atoms with van der Waals surface area (Å²) in [5.41, 5.74) is 6.50. The van der Waals surface area contributed by atoms with Gasteiger partial charge in [0.25, 0.3) is 5.91 Å². The number of amides is 1. The zero-order valence-corrected chi connectivity index (χ0v) is 11.5. The van der Waals surface area contributed by atoms with Gasteiger partial charge in [-0.05, 0) is 31.6 Å². The van der Waals surface area contributed by atoms with Gasteiger partial charge in [0, 0.05) is 24.2 Å². The van der Waals surface area contributed by atoms with Crippen LogP contribution in [-0.2, 0) is 0 Å². The fourth-order valence-corrected chi connectivity index (χ4v) is 2.77. The molecule has 7 nitrogen and oxygen atoms in total. The third-order valence-electron chi connectivity index (χ3n) is 3.91.